The van der Waals surface area contributed by atoms with Gasteiger partial charge in [0.05, 0.1) is 6.07 Å². The molecule has 1 aromatic carbocycles. The highest BCUT2D eigenvalue weighted by Crippen LogP contribution is 2.24. The zero-order chi connectivity index (χ0) is 14.6. The van der Waals surface area contributed by atoms with Gasteiger partial charge < -0.3 is 5.32 Å². The van der Waals surface area contributed by atoms with Crippen molar-refractivity contribution in [1.29, 1.82) is 5.26 Å². The summed E-state index contributed by atoms with van der Waals surface area (Å²) in [6.07, 6.45) is 0.664. The van der Waals surface area contributed by atoms with Crippen LogP contribution in [0.1, 0.15) is 19.8 Å². The van der Waals surface area contributed by atoms with E-state index in [-0.39, 0.29) is 12.5 Å². The fourth-order valence-corrected chi connectivity index (χ4v) is 1.44. The standard InChI is InChI=1S/C12H10F4N2O/c1-2-3-6(5-17)12(19)18-11-9(15)7(13)4-8(14)10(11)16/h4,6H,2-3H2,1H3,(H,18,19). The van der Waals surface area contributed by atoms with Crippen LogP contribution in [-0.4, -0.2) is 5.91 Å². The van der Waals surface area contributed by atoms with E-state index in [1.165, 1.54) is 0 Å². The first-order valence-electron chi connectivity index (χ1n) is 5.45. The molecule has 0 saturated carbocycles. The van der Waals surface area contributed by atoms with E-state index in [2.05, 4.69) is 0 Å². The van der Waals surface area contributed by atoms with E-state index in [0.717, 1.165) is 0 Å². The van der Waals surface area contributed by atoms with Gasteiger partial charge in [0.1, 0.15) is 11.6 Å². The SMILES string of the molecule is CCCC(C#N)C(=O)Nc1c(F)c(F)cc(F)c1F. The highest BCUT2D eigenvalue weighted by atomic mass is 19.2. The average molecular weight is 274 g/mol. The van der Waals surface area contributed by atoms with E-state index in [9.17, 15) is 22.4 Å². The van der Waals surface area contributed by atoms with Crippen molar-refractivity contribution in [3.63, 3.8) is 0 Å². The lowest BCUT2D eigenvalue weighted by atomic mass is 10.0. The topological polar surface area (TPSA) is 52.9 Å². The van der Waals surface area contributed by atoms with Crippen LogP contribution in [0.5, 0.6) is 0 Å². The van der Waals surface area contributed by atoms with Gasteiger partial charge in [-0.1, -0.05) is 13.3 Å². The quantitative estimate of drug-likeness (QED) is 0.677. The molecule has 0 aliphatic rings. The molecule has 102 valence electrons. The van der Waals surface area contributed by atoms with Gasteiger partial charge in [-0.15, -0.1) is 0 Å². The molecule has 1 atom stereocenters. The van der Waals surface area contributed by atoms with Crippen LogP contribution in [0.25, 0.3) is 0 Å². The molecule has 0 fully saturated rings. The third-order valence-corrected chi connectivity index (χ3v) is 2.41. The average Bonchev–Trinajstić information content (AvgIpc) is 2.38. The summed E-state index contributed by atoms with van der Waals surface area (Å²) in [5, 5.41) is 10.4. The lowest BCUT2D eigenvalue weighted by molar-refractivity contribution is -0.118. The molecule has 0 aliphatic carbocycles. The van der Waals surface area contributed by atoms with Crippen LogP contribution in [0.3, 0.4) is 0 Å². The second-order valence-corrected chi connectivity index (χ2v) is 3.80. The van der Waals surface area contributed by atoms with Crippen molar-refractivity contribution in [1.82, 2.24) is 0 Å². The van der Waals surface area contributed by atoms with Gasteiger partial charge in [0, 0.05) is 6.07 Å². The molecule has 1 N–H and O–H groups in total. The van der Waals surface area contributed by atoms with Crippen LogP contribution in [-0.2, 0) is 4.79 Å². The molecule has 0 radical (unpaired) electrons. The predicted octanol–water partition coefficient (Wildman–Crippen LogP) is 3.12. The van der Waals surface area contributed by atoms with Crippen molar-refractivity contribution in [3.8, 4) is 6.07 Å². The maximum atomic E-state index is 13.3. The molecule has 3 nitrogen and oxygen atoms in total. The number of hydrogen-bond donors (Lipinski definition) is 1. The minimum atomic E-state index is -1.71. The first kappa shape index (κ1) is 15.0. The van der Waals surface area contributed by atoms with Crippen molar-refractivity contribution in [2.45, 2.75) is 19.8 Å². The minimum absolute atomic E-state index is 0.0359. The molecule has 1 unspecified atom stereocenters. The molecular formula is C12H10F4N2O. The van der Waals surface area contributed by atoms with Crippen molar-refractivity contribution in [3.05, 3.63) is 29.3 Å². The zero-order valence-corrected chi connectivity index (χ0v) is 9.94. The van der Waals surface area contributed by atoms with Gasteiger partial charge in [0.25, 0.3) is 0 Å². The number of carbonyl (C=O) groups is 1. The number of hydrogen-bond acceptors (Lipinski definition) is 2. The van der Waals surface area contributed by atoms with Gasteiger partial charge in [0.2, 0.25) is 5.91 Å². The molecule has 0 spiro atoms. The highest BCUT2D eigenvalue weighted by molar-refractivity contribution is 5.94. The Labute approximate surface area is 106 Å². The fraction of sp³-hybridized carbons (Fsp3) is 0.333. The summed E-state index contributed by atoms with van der Waals surface area (Å²) >= 11 is 0. The van der Waals surface area contributed by atoms with E-state index in [4.69, 9.17) is 5.26 Å². The Bertz CT molecular complexity index is 513. The van der Waals surface area contributed by atoms with E-state index in [1.807, 2.05) is 0 Å². The Kier molecular flexibility index (Phi) is 4.87. The van der Waals surface area contributed by atoms with Crippen LogP contribution in [0, 0.1) is 40.5 Å². The van der Waals surface area contributed by atoms with Crippen molar-refractivity contribution in [2.24, 2.45) is 5.92 Å². The Morgan fingerprint density at radius 3 is 2.26 bits per heavy atom. The predicted molar refractivity (Wildman–Crippen MR) is 58.9 cm³/mol. The molecule has 0 heterocycles. The Morgan fingerprint density at radius 1 is 1.32 bits per heavy atom. The number of nitrogens with one attached hydrogen (secondary N) is 1. The monoisotopic (exact) mass is 274 g/mol. The van der Waals surface area contributed by atoms with Crippen LogP contribution >= 0.6 is 0 Å². The number of benzene rings is 1. The molecule has 1 amide bonds. The number of anilines is 1. The molecule has 1 aromatic rings. The molecule has 0 aliphatic heterocycles. The van der Waals surface area contributed by atoms with E-state index >= 15 is 0 Å². The normalized spacial score (nSPS) is 11.8. The summed E-state index contributed by atoms with van der Waals surface area (Å²) in [6, 6.07) is 1.68. The van der Waals surface area contributed by atoms with Gasteiger partial charge in [-0.05, 0) is 6.42 Å². The number of rotatable bonds is 4. The van der Waals surface area contributed by atoms with Crippen molar-refractivity contribution < 1.29 is 22.4 Å². The largest absolute Gasteiger partial charge is 0.320 e. The number of amides is 1. The second kappa shape index (κ2) is 6.18. The Hall–Kier alpha value is -2.10. The van der Waals surface area contributed by atoms with Gasteiger partial charge in [-0.2, -0.15) is 5.26 Å². The van der Waals surface area contributed by atoms with Crippen LogP contribution in [0.2, 0.25) is 0 Å². The van der Waals surface area contributed by atoms with Crippen molar-refractivity contribution >= 4 is 11.6 Å². The van der Waals surface area contributed by atoms with E-state index in [1.54, 1.807) is 18.3 Å². The maximum Gasteiger partial charge on any atom is 0.241 e. The summed E-state index contributed by atoms with van der Waals surface area (Å²) in [5.41, 5.74) is -1.22. The minimum Gasteiger partial charge on any atom is -0.320 e. The van der Waals surface area contributed by atoms with Gasteiger partial charge in [0.15, 0.2) is 23.3 Å². The summed E-state index contributed by atoms with van der Waals surface area (Å²) in [5.74, 6) is -8.82. The van der Waals surface area contributed by atoms with E-state index < -0.39 is 40.8 Å². The zero-order valence-electron chi connectivity index (χ0n) is 9.94. The van der Waals surface area contributed by atoms with E-state index in [0.29, 0.717) is 6.42 Å². The van der Waals surface area contributed by atoms with Gasteiger partial charge >= 0.3 is 0 Å². The lowest BCUT2D eigenvalue weighted by Crippen LogP contribution is -2.23. The molecule has 0 saturated heterocycles. The summed E-state index contributed by atoms with van der Waals surface area (Å²) < 4.78 is 52.4. The molecular weight excluding hydrogens is 264 g/mol. The van der Waals surface area contributed by atoms with Crippen molar-refractivity contribution in [2.75, 3.05) is 5.32 Å². The smallest absolute Gasteiger partial charge is 0.241 e. The van der Waals surface area contributed by atoms with Gasteiger partial charge in [-0.25, -0.2) is 17.6 Å². The Morgan fingerprint density at radius 2 is 1.84 bits per heavy atom. The highest BCUT2D eigenvalue weighted by Gasteiger charge is 2.24. The fourth-order valence-electron chi connectivity index (χ4n) is 1.44. The third kappa shape index (κ3) is 3.22. The summed E-state index contributed by atoms with van der Waals surface area (Å²) in [6.45, 7) is 1.71. The molecule has 19 heavy (non-hydrogen) atoms. The number of carbonyl (C=O) groups excluding carboxylic acids is 1. The number of halogens is 4. The van der Waals surface area contributed by atoms with Gasteiger partial charge in [-0.3, -0.25) is 4.79 Å². The summed E-state index contributed by atoms with van der Waals surface area (Å²) in [4.78, 5) is 11.5. The number of nitrogens with zero attached hydrogens (tertiary/aromatic N) is 1. The third-order valence-electron chi connectivity index (χ3n) is 2.41. The Balaban J connectivity index is 3.07. The molecule has 0 bridgehead atoms. The maximum absolute atomic E-state index is 13.3. The first-order valence-corrected chi connectivity index (χ1v) is 5.45. The van der Waals surface area contributed by atoms with Crippen LogP contribution in [0.4, 0.5) is 23.2 Å². The number of nitriles is 1. The van der Waals surface area contributed by atoms with Crippen LogP contribution in [0.15, 0.2) is 6.07 Å². The first-order chi connectivity index (χ1) is 8.92. The molecule has 1 rings (SSSR count). The second-order valence-electron chi connectivity index (χ2n) is 3.80. The van der Waals surface area contributed by atoms with Crippen LogP contribution < -0.4 is 5.32 Å². The summed E-state index contributed by atoms with van der Waals surface area (Å²) in [7, 11) is 0. The lowest BCUT2D eigenvalue weighted by Gasteiger charge is -2.11. The molecule has 0 aromatic heterocycles. The molecule has 7 heteroatoms.